The Morgan fingerprint density at radius 2 is 2.70 bits per heavy atom. The van der Waals surface area contributed by atoms with E-state index in [1.807, 2.05) is 0 Å². The normalized spacial score (nSPS) is 9.20. The summed E-state index contributed by atoms with van der Waals surface area (Å²) in [4.78, 5) is 6.86. The lowest BCUT2D eigenvalue weighted by Gasteiger charge is -1.98. The second-order valence-electron chi connectivity index (χ2n) is 1.75. The van der Waals surface area contributed by atoms with E-state index in [-0.39, 0.29) is 5.11 Å². The zero-order chi connectivity index (χ0) is 7.40. The number of aromatic nitrogens is 2. The van der Waals surface area contributed by atoms with Crippen LogP contribution >= 0.6 is 12.2 Å². The number of nitrogens with zero attached hydrogens (tertiary/aromatic N) is 1. The first-order chi connectivity index (χ1) is 4.79. The van der Waals surface area contributed by atoms with Crippen molar-refractivity contribution in [2.45, 2.75) is 6.54 Å². The number of imidazole rings is 1. The molecule has 4 nitrogen and oxygen atoms in total. The van der Waals surface area contributed by atoms with Crippen molar-refractivity contribution < 1.29 is 0 Å². The molecule has 0 fully saturated rings. The van der Waals surface area contributed by atoms with E-state index in [0.717, 1.165) is 5.82 Å². The Balaban J connectivity index is 2.35. The van der Waals surface area contributed by atoms with Gasteiger partial charge in [-0.05, 0) is 12.2 Å². The molecule has 0 aliphatic heterocycles. The second kappa shape index (κ2) is 3.17. The van der Waals surface area contributed by atoms with Gasteiger partial charge in [0.15, 0.2) is 5.11 Å². The van der Waals surface area contributed by atoms with E-state index in [9.17, 15) is 0 Å². The zero-order valence-electron chi connectivity index (χ0n) is 5.29. The fraction of sp³-hybridized carbons (Fsp3) is 0.200. The topological polar surface area (TPSA) is 66.7 Å². The van der Waals surface area contributed by atoms with Gasteiger partial charge in [0.1, 0.15) is 5.82 Å². The van der Waals surface area contributed by atoms with Crippen molar-refractivity contribution in [3.63, 3.8) is 0 Å². The predicted octanol–water partition coefficient (Wildman–Crippen LogP) is -0.257. The third-order valence-electron chi connectivity index (χ3n) is 0.985. The van der Waals surface area contributed by atoms with Crippen molar-refractivity contribution in [2.75, 3.05) is 0 Å². The minimum Gasteiger partial charge on any atom is -0.376 e. The summed E-state index contributed by atoms with van der Waals surface area (Å²) in [5, 5.41) is 3.05. The summed E-state index contributed by atoms with van der Waals surface area (Å²) in [6.45, 7) is 0.558. The van der Waals surface area contributed by atoms with Gasteiger partial charge in [0.2, 0.25) is 0 Å². The van der Waals surface area contributed by atoms with Crippen LogP contribution in [0.2, 0.25) is 0 Å². The number of nitrogens with two attached hydrogens (primary N) is 1. The van der Waals surface area contributed by atoms with Gasteiger partial charge in [0.05, 0.1) is 6.54 Å². The SMILES string of the molecule is NC(=S)NCc1ncc[nH]1. The Hall–Kier alpha value is -1.10. The predicted molar refractivity (Wildman–Crippen MR) is 42.2 cm³/mol. The molecule has 1 heterocycles. The highest BCUT2D eigenvalue weighted by Crippen LogP contribution is 1.84. The maximum Gasteiger partial charge on any atom is 0.164 e. The van der Waals surface area contributed by atoms with Crippen LogP contribution in [0.4, 0.5) is 0 Å². The minimum absolute atomic E-state index is 0.288. The van der Waals surface area contributed by atoms with E-state index >= 15 is 0 Å². The molecule has 1 aromatic heterocycles. The Bertz CT molecular complexity index is 205. The van der Waals surface area contributed by atoms with E-state index in [1.165, 1.54) is 0 Å². The van der Waals surface area contributed by atoms with Crippen molar-refractivity contribution in [1.29, 1.82) is 0 Å². The average molecular weight is 156 g/mol. The van der Waals surface area contributed by atoms with Crippen LogP contribution in [-0.2, 0) is 6.54 Å². The van der Waals surface area contributed by atoms with Crippen LogP contribution in [0.25, 0.3) is 0 Å². The van der Waals surface area contributed by atoms with Crippen LogP contribution in [0, 0.1) is 0 Å². The number of nitrogens with one attached hydrogen (secondary N) is 2. The summed E-state index contributed by atoms with van der Waals surface area (Å²) < 4.78 is 0. The molecule has 0 saturated heterocycles. The summed E-state index contributed by atoms with van der Waals surface area (Å²) in [5.41, 5.74) is 5.19. The number of thiocarbonyl (C=S) groups is 1. The molecule has 0 bridgehead atoms. The van der Waals surface area contributed by atoms with Crippen molar-refractivity contribution >= 4 is 17.3 Å². The number of H-pyrrole nitrogens is 1. The third kappa shape index (κ3) is 2.02. The summed E-state index contributed by atoms with van der Waals surface area (Å²) in [7, 11) is 0. The van der Waals surface area contributed by atoms with Crippen LogP contribution in [0.15, 0.2) is 12.4 Å². The molecular weight excluding hydrogens is 148 g/mol. The van der Waals surface area contributed by atoms with Gasteiger partial charge in [-0.1, -0.05) is 0 Å². The highest BCUT2D eigenvalue weighted by Gasteiger charge is 1.91. The molecule has 0 saturated carbocycles. The summed E-state index contributed by atoms with van der Waals surface area (Å²) in [6, 6.07) is 0. The first-order valence-corrected chi connectivity index (χ1v) is 3.21. The standard InChI is InChI=1S/C5H8N4S/c6-5(10)9-3-4-7-1-2-8-4/h1-2H,3H2,(H,7,8)(H3,6,9,10). The maximum absolute atomic E-state index is 5.19. The Kier molecular flexibility index (Phi) is 2.22. The molecule has 0 amide bonds. The van der Waals surface area contributed by atoms with Crippen LogP contribution in [0.1, 0.15) is 5.82 Å². The lowest BCUT2D eigenvalue weighted by Crippen LogP contribution is -2.28. The van der Waals surface area contributed by atoms with Gasteiger partial charge in [-0.25, -0.2) is 4.98 Å². The summed E-state index contributed by atoms with van der Waals surface area (Å²) in [5.74, 6) is 0.827. The van der Waals surface area contributed by atoms with Crippen molar-refractivity contribution in [3.8, 4) is 0 Å². The molecule has 0 spiro atoms. The van der Waals surface area contributed by atoms with Gasteiger partial charge >= 0.3 is 0 Å². The van der Waals surface area contributed by atoms with Gasteiger partial charge in [0.25, 0.3) is 0 Å². The number of hydrogen-bond donors (Lipinski definition) is 3. The fourth-order valence-electron chi connectivity index (χ4n) is 0.565. The van der Waals surface area contributed by atoms with Gasteiger partial charge in [-0.3, -0.25) is 0 Å². The molecule has 4 N–H and O–H groups in total. The molecule has 0 radical (unpaired) electrons. The molecule has 0 aromatic carbocycles. The van der Waals surface area contributed by atoms with E-state index in [1.54, 1.807) is 12.4 Å². The molecule has 5 heteroatoms. The van der Waals surface area contributed by atoms with Crippen molar-refractivity contribution in [1.82, 2.24) is 15.3 Å². The van der Waals surface area contributed by atoms with Gasteiger partial charge in [0, 0.05) is 12.4 Å². The van der Waals surface area contributed by atoms with Gasteiger partial charge in [-0.2, -0.15) is 0 Å². The average Bonchev–Trinajstić information content (AvgIpc) is 2.34. The zero-order valence-corrected chi connectivity index (χ0v) is 6.11. The van der Waals surface area contributed by atoms with Crippen LogP contribution in [0.3, 0.4) is 0 Å². The molecule has 0 atom stereocenters. The number of hydrogen-bond acceptors (Lipinski definition) is 2. The fourth-order valence-corrected chi connectivity index (χ4v) is 0.638. The molecule has 0 aliphatic carbocycles. The van der Waals surface area contributed by atoms with E-state index in [0.29, 0.717) is 6.54 Å². The van der Waals surface area contributed by atoms with Crippen molar-refractivity contribution in [2.24, 2.45) is 5.73 Å². The van der Waals surface area contributed by atoms with Crippen LogP contribution in [-0.4, -0.2) is 15.1 Å². The van der Waals surface area contributed by atoms with Crippen LogP contribution < -0.4 is 11.1 Å². The minimum atomic E-state index is 0.288. The highest BCUT2D eigenvalue weighted by atomic mass is 32.1. The third-order valence-corrected chi connectivity index (χ3v) is 1.13. The lowest BCUT2D eigenvalue weighted by molar-refractivity contribution is 0.850. The molecule has 1 rings (SSSR count). The first-order valence-electron chi connectivity index (χ1n) is 2.80. The molecule has 0 aliphatic rings. The largest absolute Gasteiger partial charge is 0.376 e. The summed E-state index contributed by atoms with van der Waals surface area (Å²) in [6.07, 6.45) is 3.42. The van der Waals surface area contributed by atoms with E-state index in [4.69, 9.17) is 5.73 Å². The number of rotatable bonds is 2. The lowest BCUT2D eigenvalue weighted by atomic mass is 10.6. The molecular formula is C5H8N4S. The smallest absolute Gasteiger partial charge is 0.164 e. The Labute approximate surface area is 63.8 Å². The van der Waals surface area contributed by atoms with E-state index < -0.39 is 0 Å². The molecule has 0 unspecified atom stereocenters. The van der Waals surface area contributed by atoms with Gasteiger partial charge < -0.3 is 16.0 Å². The molecule has 54 valence electrons. The van der Waals surface area contributed by atoms with Gasteiger partial charge in [-0.15, -0.1) is 0 Å². The molecule has 1 aromatic rings. The Morgan fingerprint density at radius 3 is 3.20 bits per heavy atom. The number of aromatic amines is 1. The van der Waals surface area contributed by atoms with Crippen LogP contribution in [0.5, 0.6) is 0 Å². The maximum atomic E-state index is 5.19. The highest BCUT2D eigenvalue weighted by molar-refractivity contribution is 7.80. The quantitative estimate of drug-likeness (QED) is 0.516. The second-order valence-corrected chi connectivity index (χ2v) is 2.19. The first kappa shape index (κ1) is 7.01. The summed E-state index contributed by atoms with van der Waals surface area (Å²) >= 11 is 4.59. The van der Waals surface area contributed by atoms with E-state index in [2.05, 4.69) is 27.5 Å². The molecule has 10 heavy (non-hydrogen) atoms. The monoisotopic (exact) mass is 156 g/mol. The Morgan fingerprint density at radius 1 is 1.90 bits per heavy atom. The van der Waals surface area contributed by atoms with Crippen molar-refractivity contribution in [3.05, 3.63) is 18.2 Å².